The van der Waals surface area contributed by atoms with Crippen molar-refractivity contribution < 1.29 is 14.7 Å². The zero-order valence-electron chi connectivity index (χ0n) is 20.1. The minimum absolute atomic E-state index is 0.162. The Morgan fingerprint density at radius 3 is 2.48 bits per heavy atom. The molecule has 1 saturated heterocycles. The fourth-order valence-electron chi connectivity index (χ4n) is 4.08. The minimum Gasteiger partial charge on any atom is -0.391 e. The predicted molar refractivity (Wildman–Crippen MR) is 135 cm³/mol. The summed E-state index contributed by atoms with van der Waals surface area (Å²) in [5.41, 5.74) is 4.58. The van der Waals surface area contributed by atoms with Crippen molar-refractivity contribution in [2.75, 3.05) is 12.8 Å². The number of hydrogen-bond donors (Lipinski definition) is 3. The molecule has 180 valence electrons. The van der Waals surface area contributed by atoms with Crippen molar-refractivity contribution in [2.45, 2.75) is 65.3 Å². The first kappa shape index (κ1) is 25.7. The predicted octanol–water partition coefficient (Wildman–Crippen LogP) is 3.54. The molecule has 0 saturated carbocycles. The first-order chi connectivity index (χ1) is 15.5. The topological polar surface area (TPSA) is 94.6 Å². The van der Waals surface area contributed by atoms with Crippen LogP contribution in [0.5, 0.6) is 0 Å². The summed E-state index contributed by atoms with van der Waals surface area (Å²) in [4.78, 5) is 33.5. The van der Waals surface area contributed by atoms with Gasteiger partial charge in [0.1, 0.15) is 12.1 Å². The van der Waals surface area contributed by atoms with Gasteiger partial charge in [-0.05, 0) is 36.6 Å². The van der Waals surface area contributed by atoms with Crippen LogP contribution in [0.25, 0.3) is 10.4 Å². The van der Waals surface area contributed by atoms with Crippen molar-refractivity contribution in [1.82, 2.24) is 19.9 Å². The molecule has 4 unspecified atom stereocenters. The number of nitrogens with one attached hydrogen (secondary N) is 2. The number of aromatic nitrogens is 1. The molecule has 0 radical (unpaired) electrons. The lowest BCUT2D eigenvalue weighted by molar-refractivity contribution is -0.141. The van der Waals surface area contributed by atoms with Gasteiger partial charge in [0.15, 0.2) is 0 Å². The van der Waals surface area contributed by atoms with Crippen molar-refractivity contribution in [2.24, 2.45) is 5.41 Å². The van der Waals surface area contributed by atoms with Crippen LogP contribution in [0.3, 0.4) is 0 Å². The quantitative estimate of drug-likeness (QED) is 0.514. The Morgan fingerprint density at radius 1 is 1.27 bits per heavy atom. The van der Waals surface area contributed by atoms with Crippen LogP contribution in [0.4, 0.5) is 0 Å². The van der Waals surface area contributed by atoms with E-state index in [1.165, 1.54) is 16.8 Å². The number of aryl methyl sites for hydroxylation is 1. The summed E-state index contributed by atoms with van der Waals surface area (Å²) in [6.07, 6.45) is 1.40. The number of likely N-dealkylation sites (tertiary alicyclic amines) is 1. The zero-order chi connectivity index (χ0) is 24.3. The highest BCUT2D eigenvalue weighted by Gasteiger charge is 2.44. The smallest absolute Gasteiger partial charge is 0.243 e. The molecule has 1 aromatic carbocycles. The van der Waals surface area contributed by atoms with Gasteiger partial charge in [0.2, 0.25) is 11.8 Å². The third-order valence-electron chi connectivity index (χ3n) is 5.99. The summed E-state index contributed by atoms with van der Waals surface area (Å²) in [5.74, 6) is -0.405. The van der Waals surface area contributed by atoms with E-state index in [2.05, 4.69) is 15.0 Å². The van der Waals surface area contributed by atoms with E-state index in [4.69, 9.17) is 0 Å². The number of hydrogen-bond acceptors (Lipinski definition) is 7. The largest absolute Gasteiger partial charge is 0.391 e. The van der Waals surface area contributed by atoms with Gasteiger partial charge in [0.05, 0.1) is 28.2 Å². The maximum Gasteiger partial charge on any atom is 0.243 e. The molecule has 9 heteroatoms. The second-order valence-corrected chi connectivity index (χ2v) is 11.1. The number of amides is 2. The molecule has 1 fully saturated rings. The number of thiazole rings is 1. The molecule has 0 bridgehead atoms. The van der Waals surface area contributed by atoms with E-state index in [1.807, 2.05) is 70.7 Å². The molecule has 2 amide bonds. The average molecular weight is 491 g/mol. The molecule has 0 aliphatic carbocycles. The van der Waals surface area contributed by atoms with Crippen molar-refractivity contribution in [3.63, 3.8) is 0 Å². The summed E-state index contributed by atoms with van der Waals surface area (Å²) in [7, 11) is 0. The Morgan fingerprint density at radius 2 is 1.94 bits per heavy atom. The van der Waals surface area contributed by atoms with Crippen LogP contribution in [0.2, 0.25) is 0 Å². The number of β-amino-alcohol motifs (C(OH)–C–C–N with tert-alkyl or cyclic N) is 1. The van der Waals surface area contributed by atoms with Crippen LogP contribution in [0, 0.1) is 12.3 Å². The minimum atomic E-state index is -0.711. The lowest BCUT2D eigenvalue weighted by Gasteiger charge is -2.35. The van der Waals surface area contributed by atoms with E-state index in [9.17, 15) is 14.7 Å². The van der Waals surface area contributed by atoms with Crippen LogP contribution < -0.4 is 10.0 Å². The first-order valence-electron chi connectivity index (χ1n) is 11.1. The number of rotatable bonds is 7. The third kappa shape index (κ3) is 5.95. The molecule has 1 aliphatic rings. The van der Waals surface area contributed by atoms with E-state index < -0.39 is 18.2 Å². The second kappa shape index (κ2) is 10.5. The maximum absolute atomic E-state index is 13.3. The first-order valence-corrected chi connectivity index (χ1v) is 13.2. The molecule has 1 aromatic heterocycles. The molecular formula is C24H34N4O3S2. The zero-order valence-corrected chi connectivity index (χ0v) is 21.7. The van der Waals surface area contributed by atoms with Crippen LogP contribution in [0.1, 0.15) is 51.4 Å². The standard InChI is InChI=1S/C24H34N4O3S2/c1-14(16-7-9-17(10-8-16)20-15(2)25-13-33-20)26-22(30)19-11-18(29)12-28(19)23(31)21(27-32-6)24(3,4)5/h7-10,13-14,18-19,21,27,29H,11-12H2,1-6H3,(H,26,30). The normalized spacial score (nSPS) is 20.5. The van der Waals surface area contributed by atoms with Gasteiger partial charge in [-0.1, -0.05) is 57.0 Å². The Hall–Kier alpha value is -1.94. The summed E-state index contributed by atoms with van der Waals surface area (Å²) in [5, 5.41) is 13.3. The number of nitrogens with zero attached hydrogens (tertiary/aromatic N) is 2. The number of carbonyl (C=O) groups excluding carboxylic acids is 2. The Kier molecular flexibility index (Phi) is 8.21. The van der Waals surface area contributed by atoms with Gasteiger partial charge in [-0.15, -0.1) is 11.3 Å². The molecule has 3 rings (SSSR count). The van der Waals surface area contributed by atoms with Gasteiger partial charge in [-0.2, -0.15) is 0 Å². The van der Waals surface area contributed by atoms with Crippen molar-refractivity contribution in [3.8, 4) is 10.4 Å². The SMILES string of the molecule is CSNC(C(=O)N1CC(O)CC1C(=O)NC(C)c1ccc(-c2scnc2C)cc1)C(C)(C)C. The van der Waals surface area contributed by atoms with E-state index >= 15 is 0 Å². The van der Waals surface area contributed by atoms with Gasteiger partial charge in [0, 0.05) is 13.0 Å². The lowest BCUT2D eigenvalue weighted by atomic mass is 9.86. The highest BCUT2D eigenvalue weighted by molar-refractivity contribution is 7.96. The number of aliphatic hydroxyl groups excluding tert-OH is 1. The molecule has 4 atom stereocenters. The van der Waals surface area contributed by atoms with Crippen LogP contribution in [-0.4, -0.2) is 57.8 Å². The number of benzene rings is 1. The third-order valence-corrected chi connectivity index (χ3v) is 7.44. The Balaban J connectivity index is 1.71. The highest BCUT2D eigenvalue weighted by atomic mass is 32.2. The van der Waals surface area contributed by atoms with E-state index in [0.29, 0.717) is 0 Å². The Bertz CT molecular complexity index is 971. The number of carbonyl (C=O) groups is 2. The van der Waals surface area contributed by atoms with Crippen molar-refractivity contribution >= 4 is 35.1 Å². The van der Waals surface area contributed by atoms with Gasteiger partial charge in [-0.25, -0.2) is 4.98 Å². The average Bonchev–Trinajstić information content (AvgIpc) is 3.36. The molecule has 7 nitrogen and oxygen atoms in total. The fraction of sp³-hybridized carbons (Fsp3) is 0.542. The summed E-state index contributed by atoms with van der Waals surface area (Å²) < 4.78 is 3.17. The second-order valence-electron chi connectivity index (χ2n) is 9.64. The monoisotopic (exact) mass is 490 g/mol. The fourth-order valence-corrected chi connectivity index (χ4v) is 5.58. The van der Waals surface area contributed by atoms with E-state index in [0.717, 1.165) is 21.7 Å². The Labute approximate surface area is 204 Å². The van der Waals surface area contributed by atoms with Gasteiger partial charge < -0.3 is 15.3 Å². The molecule has 1 aliphatic heterocycles. The molecular weight excluding hydrogens is 456 g/mol. The van der Waals surface area contributed by atoms with Crippen LogP contribution >= 0.6 is 23.3 Å². The van der Waals surface area contributed by atoms with Crippen molar-refractivity contribution in [1.29, 1.82) is 0 Å². The lowest BCUT2D eigenvalue weighted by Crippen LogP contribution is -2.55. The van der Waals surface area contributed by atoms with Crippen LogP contribution in [-0.2, 0) is 9.59 Å². The molecule has 2 aromatic rings. The summed E-state index contributed by atoms with van der Waals surface area (Å²) in [6, 6.07) is 6.70. The van der Waals surface area contributed by atoms with Gasteiger partial charge in [-0.3, -0.25) is 14.3 Å². The molecule has 0 spiro atoms. The van der Waals surface area contributed by atoms with Gasteiger partial charge in [0.25, 0.3) is 0 Å². The van der Waals surface area contributed by atoms with Crippen molar-refractivity contribution in [3.05, 3.63) is 41.0 Å². The summed E-state index contributed by atoms with van der Waals surface area (Å²) >= 11 is 2.99. The molecule has 2 heterocycles. The van der Waals surface area contributed by atoms with E-state index in [1.54, 1.807) is 11.3 Å². The van der Waals surface area contributed by atoms with Gasteiger partial charge >= 0.3 is 0 Å². The molecule has 3 N–H and O–H groups in total. The number of aliphatic hydroxyl groups is 1. The van der Waals surface area contributed by atoms with Crippen LogP contribution in [0.15, 0.2) is 29.8 Å². The molecule has 33 heavy (non-hydrogen) atoms. The maximum atomic E-state index is 13.3. The highest BCUT2D eigenvalue weighted by Crippen LogP contribution is 2.29. The summed E-state index contributed by atoms with van der Waals surface area (Å²) in [6.45, 7) is 10.0. The van der Waals surface area contributed by atoms with E-state index in [-0.39, 0.29) is 36.2 Å².